The average Bonchev–Trinajstić information content (AvgIpc) is 3.61. The lowest BCUT2D eigenvalue weighted by Crippen LogP contribution is -2.62. The maximum Gasteiger partial charge on any atom is 0.407 e. The summed E-state index contributed by atoms with van der Waals surface area (Å²) in [7, 11) is 4.29. The van der Waals surface area contributed by atoms with E-state index >= 15 is 0 Å². The van der Waals surface area contributed by atoms with Gasteiger partial charge in [0.15, 0.2) is 0 Å². The molecule has 1 aliphatic carbocycles. The van der Waals surface area contributed by atoms with Gasteiger partial charge in [-0.25, -0.2) is 0 Å². The van der Waals surface area contributed by atoms with Gasteiger partial charge in [-0.1, -0.05) is 56.5 Å². The van der Waals surface area contributed by atoms with Crippen LogP contribution in [-0.2, 0) is 4.79 Å². The van der Waals surface area contributed by atoms with Gasteiger partial charge in [-0.2, -0.15) is 13.2 Å². The number of carbonyl (C=O) groups excluding carboxylic acids is 1. The van der Waals surface area contributed by atoms with Crippen LogP contribution in [0.3, 0.4) is 0 Å². The van der Waals surface area contributed by atoms with Crippen LogP contribution in [0.4, 0.5) is 24.5 Å². The summed E-state index contributed by atoms with van der Waals surface area (Å²) >= 11 is 1.55. The molecule has 1 amide bonds. The molecule has 1 aliphatic heterocycles. The number of carbonyl (C=O) groups is 1. The minimum Gasteiger partial charge on any atom is -0.383 e. The Morgan fingerprint density at radius 2 is 1.67 bits per heavy atom. The number of hydrogen-bond donors (Lipinski definition) is 3. The number of hydrogen-bond acceptors (Lipinski definition) is 6. The highest BCUT2D eigenvalue weighted by molar-refractivity contribution is 7.13. The third-order valence-corrected chi connectivity index (χ3v) is 10.7. The molecule has 0 bridgehead atoms. The summed E-state index contributed by atoms with van der Waals surface area (Å²) in [6.45, 7) is 4.54. The zero-order chi connectivity index (χ0) is 32.7. The second-order valence-corrected chi connectivity index (χ2v) is 14.0. The number of nitrogens with zero attached hydrogens (tertiary/aromatic N) is 2. The Bertz CT molecular complexity index is 1360. The Balaban J connectivity index is 1.23. The molecule has 10 heteroatoms. The van der Waals surface area contributed by atoms with Crippen molar-refractivity contribution in [1.29, 1.82) is 0 Å². The van der Waals surface area contributed by atoms with E-state index in [0.717, 1.165) is 48.5 Å². The van der Waals surface area contributed by atoms with E-state index in [2.05, 4.69) is 64.1 Å². The summed E-state index contributed by atoms with van der Waals surface area (Å²) in [5.41, 5.74) is 1.86. The third kappa shape index (κ3) is 8.44. The number of benzene rings is 2. The number of piperidine rings is 1. The van der Waals surface area contributed by atoms with Crippen LogP contribution in [0.1, 0.15) is 69.9 Å². The highest BCUT2D eigenvalue weighted by Crippen LogP contribution is 2.39. The van der Waals surface area contributed by atoms with Crippen LogP contribution in [0.25, 0.3) is 10.4 Å². The van der Waals surface area contributed by atoms with Crippen LogP contribution in [-0.4, -0.2) is 68.3 Å². The fourth-order valence-electron chi connectivity index (χ4n) is 6.80. The Hall–Kier alpha value is -3.08. The quantitative estimate of drug-likeness (QED) is 0.186. The molecule has 6 nitrogen and oxygen atoms in total. The van der Waals surface area contributed by atoms with Crippen molar-refractivity contribution in [3.63, 3.8) is 0 Å². The zero-order valence-corrected chi connectivity index (χ0v) is 28.0. The zero-order valence-electron chi connectivity index (χ0n) is 27.2. The first-order chi connectivity index (χ1) is 22.1. The van der Waals surface area contributed by atoms with E-state index in [9.17, 15) is 18.0 Å². The van der Waals surface area contributed by atoms with Crippen molar-refractivity contribution < 1.29 is 18.0 Å². The maximum absolute atomic E-state index is 14.6. The number of alkyl halides is 3. The van der Waals surface area contributed by atoms with Crippen molar-refractivity contribution >= 4 is 28.6 Å². The summed E-state index contributed by atoms with van der Waals surface area (Å²) in [5.74, 6) is -0.346. The number of rotatable bonds is 12. The molecule has 1 aromatic heterocycles. The highest BCUT2D eigenvalue weighted by atomic mass is 32.1. The van der Waals surface area contributed by atoms with E-state index < -0.39 is 17.8 Å². The first kappa shape index (κ1) is 34.3. The Kier molecular flexibility index (Phi) is 11.3. The van der Waals surface area contributed by atoms with Gasteiger partial charge < -0.3 is 20.4 Å². The summed E-state index contributed by atoms with van der Waals surface area (Å²) in [5, 5.41) is 11.4. The van der Waals surface area contributed by atoms with Gasteiger partial charge in [-0.05, 0) is 93.0 Å². The van der Waals surface area contributed by atoms with Gasteiger partial charge in [0.25, 0.3) is 0 Å². The molecule has 2 heterocycles. The molecular weight excluding hydrogens is 607 g/mol. The molecule has 1 saturated carbocycles. The fourth-order valence-corrected chi connectivity index (χ4v) is 7.53. The van der Waals surface area contributed by atoms with Crippen LogP contribution in [0.15, 0.2) is 66.0 Å². The van der Waals surface area contributed by atoms with E-state index in [1.165, 1.54) is 17.8 Å². The van der Waals surface area contributed by atoms with Crippen LogP contribution in [0.5, 0.6) is 0 Å². The fraction of sp³-hybridized carbons (Fsp3) is 0.528. The molecule has 2 aliphatic rings. The van der Waals surface area contributed by atoms with Gasteiger partial charge in [0, 0.05) is 48.0 Å². The predicted octanol–water partition coefficient (Wildman–Crippen LogP) is 7.85. The smallest absolute Gasteiger partial charge is 0.383 e. The molecule has 250 valence electrons. The van der Waals surface area contributed by atoms with Gasteiger partial charge in [-0.15, -0.1) is 11.3 Å². The molecule has 0 spiro atoms. The Morgan fingerprint density at radius 3 is 2.24 bits per heavy atom. The largest absolute Gasteiger partial charge is 0.407 e. The van der Waals surface area contributed by atoms with E-state index in [4.69, 9.17) is 0 Å². The van der Waals surface area contributed by atoms with Gasteiger partial charge in [0.05, 0.1) is 5.54 Å². The number of halogens is 3. The number of thiophene rings is 1. The van der Waals surface area contributed by atoms with Gasteiger partial charge >= 0.3 is 6.18 Å². The molecule has 5 rings (SSSR count). The predicted molar refractivity (Wildman–Crippen MR) is 184 cm³/mol. The Labute approximate surface area is 275 Å². The van der Waals surface area contributed by atoms with E-state index in [0.29, 0.717) is 44.7 Å². The summed E-state index contributed by atoms with van der Waals surface area (Å²) in [4.78, 5) is 19.6. The minimum atomic E-state index is -4.56. The maximum atomic E-state index is 14.6. The molecule has 46 heavy (non-hydrogen) atoms. The van der Waals surface area contributed by atoms with Crippen LogP contribution in [0, 0.1) is 0 Å². The molecule has 3 N–H and O–H groups in total. The molecule has 3 aromatic rings. The molecule has 2 unspecified atom stereocenters. The minimum absolute atomic E-state index is 0.116. The number of nitrogens with one attached hydrogen (secondary N) is 3. The summed E-state index contributed by atoms with van der Waals surface area (Å²) < 4.78 is 43.8. The monoisotopic (exact) mass is 655 g/mol. The SMILES string of the molecule is CCC(CNc1ccc(N2CCC(N(C)C)CC2)cc1)NC(=O)C1(NC(c2ccc(-c3cccs3)cc2)C(F)(F)F)CCCCC1. The van der Waals surface area contributed by atoms with E-state index in [1.807, 2.05) is 24.4 Å². The molecule has 0 radical (unpaired) electrons. The summed E-state index contributed by atoms with van der Waals surface area (Å²) in [6, 6.07) is 17.2. The van der Waals surface area contributed by atoms with Crippen molar-refractivity contribution in [2.75, 3.05) is 43.9 Å². The van der Waals surface area contributed by atoms with Crippen molar-refractivity contribution in [2.45, 2.75) is 88.1 Å². The van der Waals surface area contributed by atoms with Crippen molar-refractivity contribution in [2.24, 2.45) is 0 Å². The van der Waals surface area contributed by atoms with Gasteiger partial charge in [0.1, 0.15) is 6.04 Å². The molecule has 2 atom stereocenters. The number of amides is 1. The standard InChI is InChI=1S/C36H48F3N5OS/c1-4-28(25-40-29-14-16-31(17-15-29)44-22-18-30(19-23-44)43(2)3)41-34(45)35(20-6-5-7-21-35)42-33(36(37,38)39)27-12-10-26(11-13-27)32-9-8-24-46-32/h8-17,24,28,30,33,40,42H,4-7,18-23,25H2,1-3H3,(H,41,45). The summed E-state index contributed by atoms with van der Waals surface area (Å²) in [6.07, 6.45) is 1.44. The van der Waals surface area contributed by atoms with E-state index in [-0.39, 0.29) is 17.5 Å². The molecule has 2 aromatic carbocycles. The van der Waals surface area contributed by atoms with Crippen molar-refractivity contribution in [3.05, 3.63) is 71.6 Å². The second-order valence-electron chi connectivity index (χ2n) is 13.0. The van der Waals surface area contributed by atoms with Crippen LogP contribution >= 0.6 is 11.3 Å². The normalized spacial score (nSPS) is 18.7. The first-order valence-corrected chi connectivity index (χ1v) is 17.5. The molecular formula is C36H48F3N5OS. The lowest BCUT2D eigenvalue weighted by Gasteiger charge is -2.41. The topological polar surface area (TPSA) is 59.6 Å². The van der Waals surface area contributed by atoms with Crippen molar-refractivity contribution in [3.8, 4) is 10.4 Å². The van der Waals surface area contributed by atoms with Gasteiger partial charge in [-0.3, -0.25) is 10.1 Å². The van der Waals surface area contributed by atoms with Crippen LogP contribution in [0.2, 0.25) is 0 Å². The Morgan fingerprint density at radius 1 is 1.00 bits per heavy atom. The highest BCUT2D eigenvalue weighted by Gasteiger charge is 2.49. The molecule has 2 fully saturated rings. The third-order valence-electron chi connectivity index (χ3n) is 9.75. The average molecular weight is 656 g/mol. The molecule has 1 saturated heterocycles. The first-order valence-electron chi connectivity index (χ1n) is 16.6. The number of anilines is 2. The second kappa shape index (κ2) is 15.2. The lowest BCUT2D eigenvalue weighted by atomic mass is 9.79. The van der Waals surface area contributed by atoms with Crippen molar-refractivity contribution in [1.82, 2.24) is 15.5 Å². The van der Waals surface area contributed by atoms with Gasteiger partial charge in [0.2, 0.25) is 5.91 Å². The lowest BCUT2D eigenvalue weighted by molar-refractivity contribution is -0.166. The van der Waals surface area contributed by atoms with E-state index in [1.54, 1.807) is 23.5 Å². The van der Waals surface area contributed by atoms with Crippen LogP contribution < -0.4 is 20.9 Å².